The lowest BCUT2D eigenvalue weighted by Gasteiger charge is -2.36. The zero-order valence-corrected chi connectivity index (χ0v) is 21.8. The lowest BCUT2D eigenvalue weighted by Crippen LogP contribution is -2.47. The molecule has 1 radical (unpaired) electrons. The van der Waals surface area contributed by atoms with Crippen LogP contribution in [0.2, 0.25) is 10.0 Å². The minimum atomic E-state index is -1.63. The van der Waals surface area contributed by atoms with Gasteiger partial charge in [-0.05, 0) is 27.9 Å². The van der Waals surface area contributed by atoms with Crippen LogP contribution in [0.15, 0.2) is 72.8 Å². The molecule has 173 valence electrons. The Morgan fingerprint density at radius 3 is 1.94 bits per heavy atom. The maximum absolute atomic E-state index is 12.3. The van der Waals surface area contributed by atoms with Gasteiger partial charge >= 0.3 is 0 Å². The molecular formula is C26H29Cl2N2O2Si. The van der Waals surface area contributed by atoms with Gasteiger partial charge in [0.25, 0.3) is 9.04 Å². The number of hydrogen-bond acceptors (Lipinski definition) is 3. The summed E-state index contributed by atoms with van der Waals surface area (Å²) in [6.07, 6.45) is -0.423. The molecule has 1 amide bonds. The molecule has 1 unspecified atom stereocenters. The van der Waals surface area contributed by atoms with Crippen molar-refractivity contribution in [2.45, 2.75) is 26.9 Å². The molecular weight excluding hydrogens is 471 g/mol. The van der Waals surface area contributed by atoms with Crippen LogP contribution < -0.4 is 21.0 Å². The number of carbonyl (C=O) groups is 1. The Balaban J connectivity index is 2.14. The number of benzene rings is 3. The van der Waals surface area contributed by atoms with E-state index in [1.807, 2.05) is 36.4 Å². The van der Waals surface area contributed by atoms with E-state index in [0.29, 0.717) is 21.3 Å². The molecule has 3 aromatic carbocycles. The molecule has 0 fully saturated rings. The topological polar surface area (TPSA) is 55.6 Å². The second-order valence-corrected chi connectivity index (χ2v) is 11.7. The second-order valence-electron chi connectivity index (χ2n) is 8.88. The molecule has 0 aromatic heterocycles. The lowest BCUT2D eigenvalue weighted by molar-refractivity contribution is -0.117. The van der Waals surface area contributed by atoms with Crippen molar-refractivity contribution in [2.75, 3.05) is 18.5 Å². The molecule has 3 aromatic rings. The predicted octanol–water partition coefficient (Wildman–Crippen LogP) is 4.82. The molecule has 0 aliphatic heterocycles. The van der Waals surface area contributed by atoms with Gasteiger partial charge in [-0.25, -0.2) is 0 Å². The van der Waals surface area contributed by atoms with Crippen LogP contribution in [0.5, 0.6) is 0 Å². The van der Waals surface area contributed by atoms with E-state index in [9.17, 15) is 4.79 Å². The van der Waals surface area contributed by atoms with Gasteiger partial charge in [-0.2, -0.15) is 0 Å². The third kappa shape index (κ3) is 5.86. The Morgan fingerprint density at radius 2 is 1.48 bits per heavy atom. The van der Waals surface area contributed by atoms with Crippen LogP contribution in [0.1, 0.15) is 32.4 Å². The van der Waals surface area contributed by atoms with E-state index in [4.69, 9.17) is 33.4 Å². The van der Waals surface area contributed by atoms with E-state index >= 15 is 0 Å². The summed E-state index contributed by atoms with van der Waals surface area (Å²) in [6.45, 7) is 6.18. The highest BCUT2D eigenvalue weighted by molar-refractivity contribution is 6.80. The quantitative estimate of drug-likeness (QED) is 0.473. The third-order valence-electron chi connectivity index (χ3n) is 5.37. The number of rotatable bonds is 7. The van der Waals surface area contributed by atoms with Crippen molar-refractivity contribution in [2.24, 2.45) is 11.1 Å². The summed E-state index contributed by atoms with van der Waals surface area (Å²) in [5.41, 5.74) is 6.47. The molecule has 3 rings (SSSR count). The Morgan fingerprint density at radius 1 is 0.970 bits per heavy atom. The Kier molecular flexibility index (Phi) is 8.37. The zero-order chi connectivity index (χ0) is 24.2. The lowest BCUT2D eigenvalue weighted by atomic mass is 9.84. The van der Waals surface area contributed by atoms with Crippen LogP contribution in [-0.4, -0.2) is 28.5 Å². The molecule has 2 N–H and O–H groups in total. The molecule has 0 spiro atoms. The van der Waals surface area contributed by atoms with Crippen LogP contribution in [0.25, 0.3) is 0 Å². The van der Waals surface area contributed by atoms with E-state index in [1.165, 1.54) is 4.90 Å². The van der Waals surface area contributed by atoms with Crippen LogP contribution in [0.3, 0.4) is 0 Å². The molecule has 0 bridgehead atoms. The molecule has 4 nitrogen and oxygen atoms in total. The fourth-order valence-corrected chi connectivity index (χ4v) is 6.60. The number of nitrogens with zero attached hydrogens (tertiary/aromatic N) is 1. The van der Waals surface area contributed by atoms with E-state index in [1.54, 1.807) is 19.2 Å². The predicted molar refractivity (Wildman–Crippen MR) is 140 cm³/mol. The molecule has 0 saturated carbocycles. The van der Waals surface area contributed by atoms with Crippen molar-refractivity contribution in [3.63, 3.8) is 0 Å². The minimum Gasteiger partial charge on any atom is -0.400 e. The normalized spacial score (nSPS) is 12.6. The number of amides is 1. The van der Waals surface area contributed by atoms with E-state index in [0.717, 1.165) is 10.4 Å². The smallest absolute Gasteiger partial charge is 0.283 e. The molecule has 0 aliphatic rings. The van der Waals surface area contributed by atoms with Gasteiger partial charge in [0.15, 0.2) is 0 Å². The first-order valence-electron chi connectivity index (χ1n) is 10.7. The van der Waals surface area contributed by atoms with Gasteiger partial charge in [-0.1, -0.05) is 105 Å². The highest BCUT2D eigenvalue weighted by Crippen LogP contribution is 2.46. The average Bonchev–Trinajstić information content (AvgIpc) is 2.80. The molecule has 0 saturated heterocycles. The second kappa shape index (κ2) is 10.8. The highest BCUT2D eigenvalue weighted by atomic mass is 35.5. The summed E-state index contributed by atoms with van der Waals surface area (Å²) in [7, 11) is 0.0248. The molecule has 7 heteroatoms. The van der Waals surface area contributed by atoms with Crippen molar-refractivity contribution in [3.8, 4) is 0 Å². The molecule has 33 heavy (non-hydrogen) atoms. The fourth-order valence-electron chi connectivity index (χ4n) is 3.60. The Labute approximate surface area is 208 Å². The standard InChI is InChI=1S/C26H29Cl2N2O2Si/c1-26(2,3)25(23-20(27)15-16-21(24(23)28)30(4)22(31)17-29)32-33(18-11-7-5-8-12-18)19-13-9-6-10-14-19/h5-16,25H,17,29H2,1-4H3. The Hall–Kier alpha value is -2.15. The third-order valence-corrected chi connectivity index (χ3v) is 8.29. The number of likely N-dealkylation sites (N-methyl/N-ethyl adjacent to an activating group) is 1. The van der Waals surface area contributed by atoms with E-state index in [-0.39, 0.29) is 17.9 Å². The van der Waals surface area contributed by atoms with Gasteiger partial charge < -0.3 is 15.1 Å². The van der Waals surface area contributed by atoms with Crippen LogP contribution in [0, 0.1) is 5.41 Å². The monoisotopic (exact) mass is 499 g/mol. The van der Waals surface area contributed by atoms with Crippen molar-refractivity contribution in [1.82, 2.24) is 0 Å². The first kappa shape index (κ1) is 25.5. The average molecular weight is 501 g/mol. The number of halogens is 2. The first-order valence-corrected chi connectivity index (χ1v) is 12.9. The van der Waals surface area contributed by atoms with Gasteiger partial charge in [-0.15, -0.1) is 0 Å². The minimum absolute atomic E-state index is 0.112. The summed E-state index contributed by atoms with van der Waals surface area (Å²) in [4.78, 5) is 13.7. The first-order chi connectivity index (χ1) is 15.6. The molecule has 0 aliphatic carbocycles. The van der Waals surface area contributed by atoms with Gasteiger partial charge in [0.2, 0.25) is 5.91 Å². The van der Waals surface area contributed by atoms with Crippen LogP contribution in [-0.2, 0) is 9.22 Å². The van der Waals surface area contributed by atoms with Gasteiger partial charge in [-0.3, -0.25) is 4.79 Å². The largest absolute Gasteiger partial charge is 0.400 e. The number of nitrogens with two attached hydrogens (primary N) is 1. The number of carbonyl (C=O) groups excluding carboxylic acids is 1. The van der Waals surface area contributed by atoms with Crippen molar-refractivity contribution in [1.29, 1.82) is 0 Å². The van der Waals surface area contributed by atoms with Gasteiger partial charge in [0, 0.05) is 17.6 Å². The number of anilines is 1. The number of hydrogen-bond donors (Lipinski definition) is 1. The molecule has 1 atom stereocenters. The van der Waals surface area contributed by atoms with Crippen molar-refractivity contribution in [3.05, 3.63) is 88.4 Å². The zero-order valence-electron chi connectivity index (χ0n) is 19.3. The van der Waals surface area contributed by atoms with Crippen molar-refractivity contribution < 1.29 is 9.22 Å². The SMILES string of the molecule is CN(C(=O)CN)c1ccc(Cl)c(C(O[Si](c2ccccc2)c2ccccc2)C(C)(C)C)c1Cl. The Bertz CT molecular complexity index is 1050. The van der Waals surface area contributed by atoms with E-state index in [2.05, 4.69) is 45.0 Å². The van der Waals surface area contributed by atoms with Gasteiger partial charge in [0.05, 0.1) is 23.4 Å². The maximum atomic E-state index is 12.3. The molecule has 0 heterocycles. The highest BCUT2D eigenvalue weighted by Gasteiger charge is 2.36. The fraction of sp³-hybridized carbons (Fsp3) is 0.269. The summed E-state index contributed by atoms with van der Waals surface area (Å²) >= 11 is 13.6. The van der Waals surface area contributed by atoms with E-state index < -0.39 is 15.1 Å². The summed E-state index contributed by atoms with van der Waals surface area (Å²) in [6, 6.07) is 23.9. The van der Waals surface area contributed by atoms with Gasteiger partial charge in [0.1, 0.15) is 0 Å². The summed E-state index contributed by atoms with van der Waals surface area (Å²) < 4.78 is 6.96. The summed E-state index contributed by atoms with van der Waals surface area (Å²) in [5.74, 6) is -0.239. The van der Waals surface area contributed by atoms with Crippen LogP contribution >= 0.6 is 23.2 Å². The van der Waals surface area contributed by atoms with Crippen LogP contribution in [0.4, 0.5) is 5.69 Å². The summed E-state index contributed by atoms with van der Waals surface area (Å²) in [5, 5.41) is 3.15. The van der Waals surface area contributed by atoms with Crippen molar-refractivity contribution >= 4 is 54.2 Å². The maximum Gasteiger partial charge on any atom is 0.283 e.